The van der Waals surface area contributed by atoms with Crippen molar-refractivity contribution in [2.45, 2.75) is 20.8 Å². The van der Waals surface area contributed by atoms with Crippen molar-refractivity contribution in [3.8, 4) is 0 Å². The standard InChI is InChI=1S/C18H19N5O.C2H6/c1-12-6-3-4-8-14(12)22-18(24)16-17(19)23(2)11-15(21-16)13-7-5-9-20-10-13;1-2/h3-10H,11,19H2,1-2H3,(H,22,24);1-2H3. The number of amides is 1. The first-order chi connectivity index (χ1) is 12.6. The van der Waals surface area contributed by atoms with E-state index in [2.05, 4.69) is 15.3 Å². The third-order valence-electron chi connectivity index (χ3n) is 3.89. The molecule has 1 amide bonds. The summed E-state index contributed by atoms with van der Waals surface area (Å²) in [6.07, 6.45) is 3.43. The van der Waals surface area contributed by atoms with Crippen LogP contribution in [0.2, 0.25) is 0 Å². The Hall–Kier alpha value is -3.15. The van der Waals surface area contributed by atoms with Crippen LogP contribution in [0.15, 0.2) is 65.3 Å². The summed E-state index contributed by atoms with van der Waals surface area (Å²) in [5.41, 5.74) is 9.65. The van der Waals surface area contributed by atoms with Crippen LogP contribution in [-0.2, 0) is 4.79 Å². The molecule has 3 N–H and O–H groups in total. The zero-order valence-electron chi connectivity index (χ0n) is 15.7. The van der Waals surface area contributed by atoms with E-state index in [9.17, 15) is 4.79 Å². The molecule has 0 atom stereocenters. The molecule has 0 saturated heterocycles. The van der Waals surface area contributed by atoms with Crippen molar-refractivity contribution in [2.75, 3.05) is 18.9 Å². The summed E-state index contributed by atoms with van der Waals surface area (Å²) in [5.74, 6) is 0.0310. The normalized spacial score (nSPS) is 13.5. The molecule has 0 spiro atoms. The van der Waals surface area contributed by atoms with Gasteiger partial charge in [0.1, 0.15) is 5.82 Å². The zero-order valence-corrected chi connectivity index (χ0v) is 15.7. The Morgan fingerprint density at radius 1 is 1.19 bits per heavy atom. The number of rotatable bonds is 3. The second-order valence-corrected chi connectivity index (χ2v) is 5.66. The number of nitrogens with two attached hydrogens (primary N) is 1. The summed E-state index contributed by atoms with van der Waals surface area (Å²) < 4.78 is 0. The molecule has 0 radical (unpaired) electrons. The van der Waals surface area contributed by atoms with Gasteiger partial charge in [-0.2, -0.15) is 0 Å². The van der Waals surface area contributed by atoms with Crippen molar-refractivity contribution in [3.63, 3.8) is 0 Å². The first-order valence-corrected chi connectivity index (χ1v) is 8.62. The van der Waals surface area contributed by atoms with Crippen molar-refractivity contribution < 1.29 is 4.79 Å². The Morgan fingerprint density at radius 3 is 2.58 bits per heavy atom. The second kappa shape index (κ2) is 8.80. The van der Waals surface area contributed by atoms with Crippen molar-refractivity contribution in [1.29, 1.82) is 0 Å². The average Bonchev–Trinajstić information content (AvgIpc) is 2.68. The van der Waals surface area contributed by atoms with E-state index in [1.807, 2.05) is 69.1 Å². The molecule has 26 heavy (non-hydrogen) atoms. The van der Waals surface area contributed by atoms with Crippen molar-refractivity contribution in [1.82, 2.24) is 9.88 Å². The molecule has 0 aliphatic carbocycles. The monoisotopic (exact) mass is 351 g/mol. The van der Waals surface area contributed by atoms with Gasteiger partial charge in [-0.05, 0) is 24.6 Å². The molecule has 1 aliphatic rings. The van der Waals surface area contributed by atoms with Crippen LogP contribution in [0.1, 0.15) is 25.0 Å². The minimum absolute atomic E-state index is 0.214. The number of likely N-dealkylation sites (N-methyl/N-ethyl adjacent to an activating group) is 1. The van der Waals surface area contributed by atoms with Gasteiger partial charge in [-0.3, -0.25) is 9.78 Å². The molecule has 3 rings (SSSR count). The lowest BCUT2D eigenvalue weighted by molar-refractivity contribution is -0.113. The van der Waals surface area contributed by atoms with Gasteiger partial charge in [-0.15, -0.1) is 0 Å². The molecule has 0 unspecified atom stereocenters. The Kier molecular flexibility index (Phi) is 6.49. The first-order valence-electron chi connectivity index (χ1n) is 8.62. The van der Waals surface area contributed by atoms with Crippen molar-refractivity contribution in [2.24, 2.45) is 10.7 Å². The molecule has 6 nitrogen and oxygen atoms in total. The summed E-state index contributed by atoms with van der Waals surface area (Å²) in [4.78, 5) is 23.1. The predicted molar refractivity (Wildman–Crippen MR) is 106 cm³/mol. The number of carbonyl (C=O) groups is 1. The van der Waals surface area contributed by atoms with E-state index in [1.165, 1.54) is 0 Å². The van der Waals surface area contributed by atoms with Gasteiger partial charge in [0.15, 0.2) is 5.70 Å². The highest BCUT2D eigenvalue weighted by Crippen LogP contribution is 2.19. The van der Waals surface area contributed by atoms with Gasteiger partial charge in [0.2, 0.25) is 0 Å². The molecule has 0 saturated carbocycles. The van der Waals surface area contributed by atoms with Gasteiger partial charge in [-0.25, -0.2) is 4.99 Å². The highest BCUT2D eigenvalue weighted by atomic mass is 16.2. The van der Waals surface area contributed by atoms with E-state index in [0.29, 0.717) is 12.4 Å². The number of benzene rings is 1. The summed E-state index contributed by atoms with van der Waals surface area (Å²) in [7, 11) is 1.83. The second-order valence-electron chi connectivity index (χ2n) is 5.66. The van der Waals surface area contributed by atoms with Crippen molar-refractivity contribution in [3.05, 3.63) is 71.4 Å². The Morgan fingerprint density at radius 2 is 1.92 bits per heavy atom. The number of aryl methyl sites for hydroxylation is 1. The van der Waals surface area contributed by atoms with E-state index in [-0.39, 0.29) is 11.6 Å². The van der Waals surface area contributed by atoms with Crippen LogP contribution in [-0.4, -0.2) is 35.1 Å². The zero-order chi connectivity index (χ0) is 19.1. The number of aromatic nitrogens is 1. The molecule has 1 aromatic carbocycles. The van der Waals surface area contributed by atoms with Crippen LogP contribution < -0.4 is 11.1 Å². The molecule has 1 aromatic heterocycles. The lowest BCUT2D eigenvalue weighted by Crippen LogP contribution is -2.37. The van der Waals surface area contributed by atoms with Crippen LogP contribution >= 0.6 is 0 Å². The van der Waals surface area contributed by atoms with Gasteiger partial charge in [0, 0.05) is 30.7 Å². The van der Waals surface area contributed by atoms with Crippen LogP contribution in [0.25, 0.3) is 0 Å². The number of para-hydroxylation sites is 1. The van der Waals surface area contributed by atoms with Crippen LogP contribution in [0.4, 0.5) is 5.69 Å². The number of pyridine rings is 1. The number of nitrogens with zero attached hydrogens (tertiary/aromatic N) is 3. The van der Waals surface area contributed by atoms with E-state index in [4.69, 9.17) is 5.73 Å². The predicted octanol–water partition coefficient (Wildman–Crippen LogP) is 2.92. The third kappa shape index (κ3) is 4.27. The van der Waals surface area contributed by atoms with E-state index in [1.54, 1.807) is 12.4 Å². The summed E-state index contributed by atoms with van der Waals surface area (Å²) in [5, 5.41) is 2.88. The van der Waals surface area contributed by atoms with E-state index in [0.717, 1.165) is 22.5 Å². The molecular weight excluding hydrogens is 326 g/mol. The maximum atomic E-state index is 12.7. The molecule has 2 aromatic rings. The fourth-order valence-corrected chi connectivity index (χ4v) is 2.47. The molecule has 0 fully saturated rings. The molecule has 2 heterocycles. The fourth-order valence-electron chi connectivity index (χ4n) is 2.47. The Balaban J connectivity index is 0.00000117. The number of anilines is 1. The fraction of sp³-hybridized carbons (Fsp3) is 0.250. The van der Waals surface area contributed by atoms with Crippen LogP contribution in [0.5, 0.6) is 0 Å². The molecular formula is C20H25N5O. The smallest absolute Gasteiger partial charge is 0.278 e. The highest BCUT2D eigenvalue weighted by molar-refractivity contribution is 6.10. The SMILES string of the molecule is CC.Cc1ccccc1NC(=O)C1=C(N)N(C)CC(c2cccnc2)=N1. The van der Waals surface area contributed by atoms with Crippen LogP contribution in [0, 0.1) is 6.92 Å². The number of hydrogen-bond acceptors (Lipinski definition) is 5. The maximum Gasteiger partial charge on any atom is 0.278 e. The molecule has 6 heteroatoms. The summed E-state index contributed by atoms with van der Waals surface area (Å²) >= 11 is 0. The number of carbonyl (C=O) groups excluding carboxylic acids is 1. The Bertz CT molecular complexity index is 827. The molecule has 0 bridgehead atoms. The number of nitrogens with one attached hydrogen (secondary N) is 1. The van der Waals surface area contributed by atoms with E-state index < -0.39 is 0 Å². The van der Waals surface area contributed by atoms with Gasteiger partial charge in [-0.1, -0.05) is 38.1 Å². The largest absolute Gasteiger partial charge is 0.383 e. The summed E-state index contributed by atoms with van der Waals surface area (Å²) in [6, 6.07) is 11.3. The van der Waals surface area contributed by atoms with E-state index >= 15 is 0 Å². The quantitative estimate of drug-likeness (QED) is 0.890. The lowest BCUT2D eigenvalue weighted by Gasteiger charge is -2.26. The topological polar surface area (TPSA) is 83.6 Å². The average molecular weight is 351 g/mol. The first kappa shape index (κ1) is 19.2. The molecule has 136 valence electrons. The van der Waals surface area contributed by atoms with Gasteiger partial charge in [0.25, 0.3) is 5.91 Å². The minimum atomic E-state index is -0.324. The summed E-state index contributed by atoms with van der Waals surface area (Å²) in [6.45, 7) is 6.46. The lowest BCUT2D eigenvalue weighted by atomic mass is 10.1. The van der Waals surface area contributed by atoms with Crippen molar-refractivity contribution >= 4 is 17.3 Å². The van der Waals surface area contributed by atoms with Gasteiger partial charge >= 0.3 is 0 Å². The number of hydrogen-bond donors (Lipinski definition) is 2. The minimum Gasteiger partial charge on any atom is -0.383 e. The third-order valence-corrected chi connectivity index (χ3v) is 3.89. The molecule has 1 aliphatic heterocycles. The van der Waals surface area contributed by atoms with Crippen LogP contribution in [0.3, 0.4) is 0 Å². The number of aliphatic imine (C=N–C) groups is 1. The van der Waals surface area contributed by atoms with Gasteiger partial charge < -0.3 is 16.0 Å². The highest BCUT2D eigenvalue weighted by Gasteiger charge is 2.23. The maximum absolute atomic E-state index is 12.7. The van der Waals surface area contributed by atoms with Gasteiger partial charge in [0.05, 0.1) is 12.3 Å². The Labute approximate surface area is 154 Å².